The molecule has 1 aliphatic rings. The standard InChI is InChI=1S/C14H13ClN4O3S2/c15-12-3-4-13(23-12)24(20,21)19-7-1-2-10(9-19)22-14-11(8-16)17-5-6-18-14/h3-6,10H,1-2,7,9H2/t10-/m0/s1. The topological polar surface area (TPSA) is 96.2 Å². The number of sulfonamides is 1. The molecule has 0 bridgehead atoms. The van der Waals surface area contributed by atoms with Crippen LogP contribution < -0.4 is 4.74 Å². The lowest BCUT2D eigenvalue weighted by molar-refractivity contribution is 0.124. The summed E-state index contributed by atoms with van der Waals surface area (Å²) in [6.45, 7) is 0.614. The second-order valence-electron chi connectivity index (χ2n) is 5.13. The van der Waals surface area contributed by atoms with E-state index in [1.807, 2.05) is 6.07 Å². The Morgan fingerprint density at radius 3 is 2.88 bits per heavy atom. The molecule has 0 spiro atoms. The Morgan fingerprint density at radius 1 is 1.38 bits per heavy atom. The molecule has 24 heavy (non-hydrogen) atoms. The van der Waals surface area contributed by atoms with Crippen LogP contribution in [0, 0.1) is 11.3 Å². The van der Waals surface area contributed by atoms with Crippen LogP contribution in [0.25, 0.3) is 0 Å². The van der Waals surface area contributed by atoms with Gasteiger partial charge in [0.1, 0.15) is 16.4 Å². The molecule has 3 heterocycles. The molecule has 1 aliphatic heterocycles. The Labute approximate surface area is 148 Å². The number of piperidine rings is 1. The van der Waals surface area contributed by atoms with Crippen molar-refractivity contribution in [2.45, 2.75) is 23.2 Å². The summed E-state index contributed by atoms with van der Waals surface area (Å²) in [5, 5.41) is 9.03. The van der Waals surface area contributed by atoms with Gasteiger partial charge in [0.05, 0.1) is 10.9 Å². The van der Waals surface area contributed by atoms with Crippen molar-refractivity contribution in [3.63, 3.8) is 0 Å². The fourth-order valence-electron chi connectivity index (χ4n) is 2.43. The molecule has 0 saturated carbocycles. The molecular formula is C14H13ClN4O3S2. The molecule has 2 aromatic rings. The van der Waals surface area contributed by atoms with Crippen molar-refractivity contribution in [1.29, 1.82) is 5.26 Å². The Kier molecular flexibility index (Phi) is 5.01. The van der Waals surface area contributed by atoms with Crippen LogP contribution in [0.4, 0.5) is 0 Å². The number of nitrogens with zero attached hydrogens (tertiary/aromatic N) is 4. The summed E-state index contributed by atoms with van der Waals surface area (Å²) in [4.78, 5) is 7.89. The van der Waals surface area contributed by atoms with E-state index in [4.69, 9.17) is 21.6 Å². The molecule has 0 amide bonds. The minimum Gasteiger partial charge on any atom is -0.471 e. The van der Waals surface area contributed by atoms with E-state index in [1.165, 1.54) is 22.8 Å². The van der Waals surface area contributed by atoms with E-state index in [2.05, 4.69) is 9.97 Å². The maximum absolute atomic E-state index is 12.7. The molecule has 0 unspecified atom stereocenters. The van der Waals surface area contributed by atoms with Crippen LogP contribution in [0.2, 0.25) is 4.34 Å². The molecule has 7 nitrogen and oxygen atoms in total. The van der Waals surface area contributed by atoms with Gasteiger partial charge >= 0.3 is 0 Å². The number of halogens is 1. The predicted molar refractivity (Wildman–Crippen MR) is 88.5 cm³/mol. The summed E-state index contributed by atoms with van der Waals surface area (Å²) in [6.07, 6.45) is 3.79. The number of hydrogen-bond acceptors (Lipinski definition) is 7. The van der Waals surface area contributed by atoms with Gasteiger partial charge in [-0.1, -0.05) is 11.6 Å². The quantitative estimate of drug-likeness (QED) is 0.802. The first-order valence-corrected chi connectivity index (χ1v) is 9.77. The summed E-state index contributed by atoms with van der Waals surface area (Å²) < 4.78 is 33.1. The van der Waals surface area contributed by atoms with Gasteiger partial charge in [0, 0.05) is 18.9 Å². The van der Waals surface area contributed by atoms with Crippen LogP contribution in [0.15, 0.2) is 28.7 Å². The minimum atomic E-state index is -3.60. The summed E-state index contributed by atoms with van der Waals surface area (Å²) in [7, 11) is -3.60. The second kappa shape index (κ2) is 7.03. The lowest BCUT2D eigenvalue weighted by Gasteiger charge is -2.31. The lowest BCUT2D eigenvalue weighted by Crippen LogP contribution is -2.44. The zero-order valence-electron chi connectivity index (χ0n) is 12.4. The number of thiophene rings is 1. The first kappa shape index (κ1) is 17.1. The molecule has 1 fully saturated rings. The number of hydrogen-bond donors (Lipinski definition) is 0. The maximum Gasteiger partial charge on any atom is 0.252 e. The molecule has 126 valence electrons. The van der Waals surface area contributed by atoms with Crippen LogP contribution in [-0.4, -0.2) is 41.9 Å². The number of rotatable bonds is 4. The van der Waals surface area contributed by atoms with Gasteiger partial charge in [-0.2, -0.15) is 9.57 Å². The van der Waals surface area contributed by atoms with E-state index < -0.39 is 10.0 Å². The maximum atomic E-state index is 12.7. The summed E-state index contributed by atoms with van der Waals surface area (Å²) in [5.74, 6) is 0.128. The molecule has 1 saturated heterocycles. The molecule has 0 aromatic carbocycles. The monoisotopic (exact) mass is 384 g/mol. The third-order valence-electron chi connectivity index (χ3n) is 3.53. The van der Waals surface area contributed by atoms with Gasteiger partial charge in [-0.15, -0.1) is 11.3 Å². The van der Waals surface area contributed by atoms with E-state index in [0.29, 0.717) is 23.7 Å². The molecule has 2 aromatic heterocycles. The van der Waals surface area contributed by atoms with Crippen molar-refractivity contribution in [2.24, 2.45) is 0 Å². The van der Waals surface area contributed by atoms with Crippen molar-refractivity contribution < 1.29 is 13.2 Å². The number of aromatic nitrogens is 2. The van der Waals surface area contributed by atoms with Crippen LogP contribution >= 0.6 is 22.9 Å². The molecular weight excluding hydrogens is 372 g/mol. The normalized spacial score (nSPS) is 18.9. The summed E-state index contributed by atoms with van der Waals surface area (Å²) >= 11 is 6.87. The van der Waals surface area contributed by atoms with E-state index in [-0.39, 0.29) is 28.4 Å². The van der Waals surface area contributed by atoms with Crippen molar-refractivity contribution >= 4 is 33.0 Å². The van der Waals surface area contributed by atoms with Crippen LogP contribution in [0.5, 0.6) is 5.88 Å². The Hall–Kier alpha value is -1.73. The third kappa shape index (κ3) is 3.52. The fraction of sp³-hybridized carbons (Fsp3) is 0.357. The molecule has 3 rings (SSSR count). The highest BCUT2D eigenvalue weighted by molar-refractivity contribution is 7.91. The highest BCUT2D eigenvalue weighted by Gasteiger charge is 2.32. The Morgan fingerprint density at radius 2 is 2.17 bits per heavy atom. The molecule has 1 atom stereocenters. The van der Waals surface area contributed by atoms with Gasteiger partial charge < -0.3 is 4.74 Å². The van der Waals surface area contributed by atoms with E-state index in [1.54, 1.807) is 6.07 Å². The van der Waals surface area contributed by atoms with Gasteiger partial charge in [-0.3, -0.25) is 0 Å². The van der Waals surface area contributed by atoms with Crippen LogP contribution in [0.3, 0.4) is 0 Å². The smallest absolute Gasteiger partial charge is 0.252 e. The molecule has 0 aliphatic carbocycles. The van der Waals surface area contributed by atoms with E-state index in [0.717, 1.165) is 11.3 Å². The van der Waals surface area contributed by atoms with Crippen molar-refractivity contribution in [1.82, 2.24) is 14.3 Å². The van der Waals surface area contributed by atoms with Gasteiger partial charge in [0.25, 0.3) is 15.9 Å². The van der Waals surface area contributed by atoms with Crippen LogP contribution in [0.1, 0.15) is 18.5 Å². The van der Waals surface area contributed by atoms with Crippen LogP contribution in [-0.2, 0) is 10.0 Å². The van der Waals surface area contributed by atoms with Gasteiger partial charge in [-0.05, 0) is 25.0 Å². The average molecular weight is 385 g/mol. The fourth-order valence-corrected chi connectivity index (χ4v) is 5.58. The predicted octanol–water partition coefficient (Wildman–Crippen LogP) is 2.30. The summed E-state index contributed by atoms with van der Waals surface area (Å²) in [6, 6.07) is 4.98. The SMILES string of the molecule is N#Cc1nccnc1O[C@H]1CCCN(S(=O)(=O)c2ccc(Cl)s2)C1. The molecule has 0 N–H and O–H groups in total. The average Bonchev–Trinajstić information content (AvgIpc) is 3.03. The van der Waals surface area contributed by atoms with E-state index in [9.17, 15) is 8.42 Å². The van der Waals surface area contributed by atoms with E-state index >= 15 is 0 Å². The van der Waals surface area contributed by atoms with Crippen molar-refractivity contribution in [3.05, 3.63) is 34.6 Å². The van der Waals surface area contributed by atoms with Gasteiger partial charge in [0.15, 0.2) is 0 Å². The zero-order valence-corrected chi connectivity index (χ0v) is 14.8. The van der Waals surface area contributed by atoms with Crippen molar-refractivity contribution in [3.8, 4) is 11.9 Å². The second-order valence-corrected chi connectivity index (χ2v) is 9.01. The Bertz CT molecular complexity index is 878. The lowest BCUT2D eigenvalue weighted by atomic mass is 10.1. The van der Waals surface area contributed by atoms with Crippen molar-refractivity contribution in [2.75, 3.05) is 13.1 Å². The minimum absolute atomic E-state index is 0.0857. The molecule has 0 radical (unpaired) electrons. The highest BCUT2D eigenvalue weighted by atomic mass is 35.5. The summed E-state index contributed by atoms with van der Waals surface area (Å²) in [5.41, 5.74) is 0.0857. The first-order chi connectivity index (χ1) is 11.5. The third-order valence-corrected chi connectivity index (χ3v) is 7.10. The van der Waals surface area contributed by atoms with Gasteiger partial charge in [0.2, 0.25) is 5.69 Å². The van der Waals surface area contributed by atoms with Gasteiger partial charge in [-0.25, -0.2) is 18.4 Å². The largest absolute Gasteiger partial charge is 0.471 e. The number of nitriles is 1. The Balaban J connectivity index is 1.76. The highest BCUT2D eigenvalue weighted by Crippen LogP contribution is 2.30. The molecule has 10 heteroatoms. The zero-order chi connectivity index (χ0) is 17.2. The number of ether oxygens (including phenoxy) is 1. The first-order valence-electron chi connectivity index (χ1n) is 7.14.